The summed E-state index contributed by atoms with van der Waals surface area (Å²) in [5, 5.41) is 18.3. The van der Waals surface area contributed by atoms with Gasteiger partial charge in [-0.3, -0.25) is 4.79 Å². The number of phenolic OH excluding ortho intramolecular Hbond substituents is 1. The van der Waals surface area contributed by atoms with Gasteiger partial charge in [-0.15, -0.1) is 0 Å². The SMILES string of the molecule is CCOC(=O)c1ccc(NC(=O)N[C@@H](Cc2ccc(O)cc2)C(=O)NC2CCCN(CC3CC3)C2)cc1. The van der Waals surface area contributed by atoms with Crippen molar-refractivity contribution in [1.29, 1.82) is 0 Å². The van der Waals surface area contributed by atoms with Crippen LogP contribution < -0.4 is 16.0 Å². The molecule has 4 rings (SSSR count). The third-order valence-electron chi connectivity index (χ3n) is 6.72. The van der Waals surface area contributed by atoms with Crippen LogP contribution in [0.1, 0.15) is 48.5 Å². The van der Waals surface area contributed by atoms with Crippen LogP contribution in [0.25, 0.3) is 0 Å². The number of amides is 3. The largest absolute Gasteiger partial charge is 0.508 e. The first-order chi connectivity index (χ1) is 17.9. The number of esters is 1. The van der Waals surface area contributed by atoms with E-state index >= 15 is 0 Å². The first-order valence-corrected chi connectivity index (χ1v) is 13.0. The van der Waals surface area contributed by atoms with Crippen molar-refractivity contribution in [2.24, 2.45) is 5.92 Å². The molecule has 0 aromatic heterocycles. The van der Waals surface area contributed by atoms with Crippen molar-refractivity contribution in [3.05, 3.63) is 59.7 Å². The molecule has 2 aromatic carbocycles. The summed E-state index contributed by atoms with van der Waals surface area (Å²) in [6, 6.07) is 11.7. The molecule has 1 saturated carbocycles. The van der Waals surface area contributed by atoms with Gasteiger partial charge in [-0.25, -0.2) is 9.59 Å². The minimum atomic E-state index is -0.804. The summed E-state index contributed by atoms with van der Waals surface area (Å²) in [6.45, 7) is 5.01. The highest BCUT2D eigenvalue weighted by Gasteiger charge is 2.30. The number of rotatable bonds is 10. The molecule has 198 valence electrons. The second-order valence-corrected chi connectivity index (χ2v) is 9.87. The van der Waals surface area contributed by atoms with Crippen LogP contribution in [-0.4, -0.2) is 66.2 Å². The normalized spacial score (nSPS) is 18.5. The summed E-state index contributed by atoms with van der Waals surface area (Å²) in [5.74, 6) is 0.273. The number of carbonyl (C=O) groups is 3. The molecule has 2 atom stereocenters. The average Bonchev–Trinajstić information content (AvgIpc) is 3.69. The van der Waals surface area contributed by atoms with Crippen molar-refractivity contribution in [2.45, 2.75) is 51.1 Å². The second-order valence-electron chi connectivity index (χ2n) is 9.87. The van der Waals surface area contributed by atoms with Crippen molar-refractivity contribution >= 4 is 23.6 Å². The molecule has 2 aromatic rings. The minimum Gasteiger partial charge on any atom is -0.508 e. The Hall–Kier alpha value is -3.59. The Morgan fingerprint density at radius 1 is 1.05 bits per heavy atom. The van der Waals surface area contributed by atoms with Gasteiger partial charge < -0.3 is 30.7 Å². The summed E-state index contributed by atoms with van der Waals surface area (Å²) in [7, 11) is 0. The van der Waals surface area contributed by atoms with Crippen LogP contribution >= 0.6 is 0 Å². The van der Waals surface area contributed by atoms with Crippen LogP contribution in [0.15, 0.2) is 48.5 Å². The first-order valence-electron chi connectivity index (χ1n) is 13.0. The monoisotopic (exact) mass is 508 g/mol. The van der Waals surface area contributed by atoms with E-state index in [9.17, 15) is 19.5 Å². The maximum absolute atomic E-state index is 13.3. The molecule has 1 aliphatic heterocycles. The number of phenols is 1. The zero-order valence-corrected chi connectivity index (χ0v) is 21.2. The summed E-state index contributed by atoms with van der Waals surface area (Å²) in [5.41, 5.74) is 1.69. The molecule has 1 aliphatic carbocycles. The summed E-state index contributed by atoms with van der Waals surface area (Å²) < 4.78 is 4.98. The molecule has 9 heteroatoms. The van der Waals surface area contributed by atoms with Crippen molar-refractivity contribution in [3.63, 3.8) is 0 Å². The number of nitrogens with zero attached hydrogens (tertiary/aromatic N) is 1. The van der Waals surface area contributed by atoms with Crippen LogP contribution in [0.2, 0.25) is 0 Å². The van der Waals surface area contributed by atoms with Gasteiger partial charge in [-0.1, -0.05) is 12.1 Å². The van der Waals surface area contributed by atoms with Crippen LogP contribution in [0.5, 0.6) is 5.75 Å². The Morgan fingerprint density at radius 2 is 1.78 bits per heavy atom. The van der Waals surface area contributed by atoms with Crippen molar-refractivity contribution < 1.29 is 24.2 Å². The number of carbonyl (C=O) groups excluding carboxylic acids is 3. The number of urea groups is 1. The van der Waals surface area contributed by atoms with Crippen LogP contribution in [0.4, 0.5) is 10.5 Å². The smallest absolute Gasteiger partial charge is 0.338 e. The molecule has 0 radical (unpaired) electrons. The van der Waals surface area contributed by atoms with Crippen LogP contribution in [0.3, 0.4) is 0 Å². The van der Waals surface area contributed by atoms with Gasteiger partial charge in [0.25, 0.3) is 0 Å². The fourth-order valence-electron chi connectivity index (χ4n) is 4.61. The van der Waals surface area contributed by atoms with E-state index in [1.807, 2.05) is 0 Å². The van der Waals surface area contributed by atoms with Gasteiger partial charge in [0.05, 0.1) is 12.2 Å². The summed E-state index contributed by atoms with van der Waals surface area (Å²) in [6.07, 6.45) is 4.83. The maximum Gasteiger partial charge on any atom is 0.338 e. The van der Waals surface area contributed by atoms with Crippen molar-refractivity contribution in [2.75, 3.05) is 31.6 Å². The highest BCUT2D eigenvalue weighted by atomic mass is 16.5. The highest BCUT2D eigenvalue weighted by Crippen LogP contribution is 2.30. The third-order valence-corrected chi connectivity index (χ3v) is 6.72. The first kappa shape index (κ1) is 26.5. The second kappa shape index (κ2) is 12.6. The summed E-state index contributed by atoms with van der Waals surface area (Å²) in [4.78, 5) is 40.4. The lowest BCUT2D eigenvalue weighted by molar-refractivity contribution is -0.124. The van der Waals surface area contributed by atoms with Gasteiger partial charge in [-0.05, 0) is 87.0 Å². The number of aromatic hydroxyl groups is 1. The van der Waals surface area contributed by atoms with E-state index in [1.165, 1.54) is 12.8 Å². The highest BCUT2D eigenvalue weighted by molar-refractivity contribution is 5.95. The van der Waals surface area contributed by atoms with E-state index in [4.69, 9.17) is 4.74 Å². The Bertz CT molecular complexity index is 1070. The van der Waals surface area contributed by atoms with Gasteiger partial charge in [0.2, 0.25) is 5.91 Å². The molecule has 3 amide bonds. The van der Waals surface area contributed by atoms with E-state index in [0.717, 1.165) is 44.0 Å². The van der Waals surface area contributed by atoms with E-state index in [2.05, 4.69) is 20.9 Å². The number of nitrogens with one attached hydrogen (secondary N) is 3. The standard InChI is InChI=1S/C28H36N4O5/c1-2-37-27(35)21-9-11-22(12-10-21)30-28(36)31-25(16-19-7-13-24(33)14-8-19)26(34)29-23-4-3-15-32(18-23)17-20-5-6-20/h7-14,20,23,25,33H,2-6,15-18H2,1H3,(H,29,34)(H2,30,31,36)/t23?,25-/m0/s1. The Labute approximate surface area is 217 Å². The molecule has 2 fully saturated rings. The fraction of sp³-hybridized carbons (Fsp3) is 0.464. The summed E-state index contributed by atoms with van der Waals surface area (Å²) >= 11 is 0. The molecule has 2 aliphatic rings. The molecule has 0 spiro atoms. The Kier molecular flexibility index (Phi) is 9.00. The Morgan fingerprint density at radius 3 is 2.46 bits per heavy atom. The number of anilines is 1. The molecule has 0 bridgehead atoms. The minimum absolute atomic E-state index is 0.0441. The van der Waals surface area contributed by atoms with Gasteiger partial charge in [-0.2, -0.15) is 0 Å². The number of likely N-dealkylation sites (tertiary alicyclic amines) is 1. The van der Waals surface area contributed by atoms with Gasteiger partial charge in [0, 0.05) is 31.2 Å². The fourth-order valence-corrected chi connectivity index (χ4v) is 4.61. The van der Waals surface area contributed by atoms with Crippen molar-refractivity contribution in [1.82, 2.24) is 15.5 Å². The molecule has 1 heterocycles. The van der Waals surface area contributed by atoms with Gasteiger partial charge in [0.1, 0.15) is 11.8 Å². The van der Waals surface area contributed by atoms with Crippen LogP contribution in [0, 0.1) is 5.92 Å². The molecule has 37 heavy (non-hydrogen) atoms. The number of hydrogen-bond acceptors (Lipinski definition) is 6. The zero-order valence-electron chi connectivity index (χ0n) is 21.2. The average molecular weight is 509 g/mol. The third kappa shape index (κ3) is 8.21. The molecule has 9 nitrogen and oxygen atoms in total. The molecule has 1 saturated heterocycles. The quantitative estimate of drug-likeness (QED) is 0.366. The van der Waals surface area contributed by atoms with Gasteiger partial charge in [0.15, 0.2) is 0 Å². The lowest BCUT2D eigenvalue weighted by atomic mass is 10.0. The lowest BCUT2D eigenvalue weighted by Crippen LogP contribution is -2.55. The number of ether oxygens (including phenoxy) is 1. The maximum atomic E-state index is 13.3. The number of piperidine rings is 1. The molecule has 4 N–H and O–H groups in total. The van der Waals surface area contributed by atoms with E-state index in [-0.39, 0.29) is 30.7 Å². The van der Waals surface area contributed by atoms with Crippen molar-refractivity contribution in [3.8, 4) is 5.75 Å². The predicted molar refractivity (Wildman–Crippen MR) is 140 cm³/mol. The van der Waals surface area contributed by atoms with E-state index in [0.29, 0.717) is 11.3 Å². The van der Waals surface area contributed by atoms with E-state index < -0.39 is 18.0 Å². The van der Waals surface area contributed by atoms with E-state index in [1.54, 1.807) is 55.5 Å². The predicted octanol–water partition coefficient (Wildman–Crippen LogP) is 3.29. The lowest BCUT2D eigenvalue weighted by Gasteiger charge is -2.34. The molecule has 1 unspecified atom stereocenters. The zero-order chi connectivity index (χ0) is 26.2. The number of hydrogen-bond donors (Lipinski definition) is 4. The van der Waals surface area contributed by atoms with Crippen LogP contribution in [-0.2, 0) is 16.0 Å². The Balaban J connectivity index is 1.38. The molecular weight excluding hydrogens is 472 g/mol. The number of benzene rings is 2. The molecular formula is C28H36N4O5. The van der Waals surface area contributed by atoms with Gasteiger partial charge >= 0.3 is 12.0 Å². The topological polar surface area (TPSA) is 120 Å².